The number of hydrogen-bond donors (Lipinski definition) is 0. The van der Waals surface area contributed by atoms with E-state index in [4.69, 9.17) is 0 Å². The number of hydrogen-bond acceptors (Lipinski definition) is 1. The van der Waals surface area contributed by atoms with Crippen molar-refractivity contribution in [2.24, 2.45) is 7.05 Å². The molecule has 0 fully saturated rings. The largest absolute Gasteiger partial charge is 0.261 e. The quantitative estimate of drug-likeness (QED) is 0.647. The lowest BCUT2D eigenvalue weighted by molar-refractivity contribution is -0.660. The summed E-state index contributed by atoms with van der Waals surface area (Å²) in [7, 11) is 2.08. The molecule has 1 aromatic carbocycles. The molecule has 3 rings (SSSR count). The molecule has 0 aliphatic carbocycles. The van der Waals surface area contributed by atoms with Gasteiger partial charge in [0, 0.05) is 35.2 Å². The van der Waals surface area contributed by atoms with Crippen molar-refractivity contribution in [3.8, 4) is 22.4 Å². The Morgan fingerprint density at radius 3 is 2.41 bits per heavy atom. The number of aryl methyl sites for hydroxylation is 4. The summed E-state index contributed by atoms with van der Waals surface area (Å²) in [5.41, 5.74) is 8.62. The Labute approximate surface area is 132 Å². The summed E-state index contributed by atoms with van der Waals surface area (Å²) in [4.78, 5) is 4.45. The fourth-order valence-corrected chi connectivity index (χ4v) is 3.03. The van der Waals surface area contributed by atoms with Crippen molar-refractivity contribution in [3.05, 3.63) is 71.7 Å². The molecule has 22 heavy (non-hydrogen) atoms. The van der Waals surface area contributed by atoms with Crippen LogP contribution in [0.2, 0.25) is 0 Å². The lowest BCUT2D eigenvalue weighted by Crippen LogP contribution is -2.29. The van der Waals surface area contributed by atoms with Crippen LogP contribution in [0.1, 0.15) is 16.8 Å². The summed E-state index contributed by atoms with van der Waals surface area (Å²) in [6, 6.07) is 15.0. The molecule has 0 saturated carbocycles. The maximum absolute atomic E-state index is 4.45. The lowest BCUT2D eigenvalue weighted by Gasteiger charge is -2.12. The highest BCUT2D eigenvalue weighted by Crippen LogP contribution is 2.31. The minimum absolute atomic E-state index is 1.08. The van der Waals surface area contributed by atoms with E-state index in [1.807, 2.05) is 12.3 Å². The van der Waals surface area contributed by atoms with Crippen LogP contribution in [0, 0.1) is 20.8 Å². The number of nitrogens with zero attached hydrogens (tertiary/aromatic N) is 2. The summed E-state index contributed by atoms with van der Waals surface area (Å²) < 4.78 is 2.15. The zero-order valence-corrected chi connectivity index (χ0v) is 13.6. The van der Waals surface area contributed by atoms with E-state index in [-0.39, 0.29) is 0 Å². The van der Waals surface area contributed by atoms with E-state index in [1.165, 1.54) is 33.5 Å². The van der Waals surface area contributed by atoms with Crippen LogP contribution >= 0.6 is 0 Å². The van der Waals surface area contributed by atoms with Gasteiger partial charge in [0.2, 0.25) is 5.69 Å². The van der Waals surface area contributed by atoms with E-state index in [0.29, 0.717) is 0 Å². The monoisotopic (exact) mass is 289 g/mol. The minimum atomic E-state index is 1.08. The molecule has 0 bridgehead atoms. The van der Waals surface area contributed by atoms with E-state index in [0.717, 1.165) is 5.69 Å². The van der Waals surface area contributed by atoms with Crippen LogP contribution in [0.25, 0.3) is 22.4 Å². The van der Waals surface area contributed by atoms with Crippen molar-refractivity contribution >= 4 is 0 Å². The lowest BCUT2D eigenvalue weighted by atomic mass is 9.93. The van der Waals surface area contributed by atoms with E-state index in [2.05, 4.69) is 80.0 Å². The third-order valence-corrected chi connectivity index (χ3v) is 4.20. The van der Waals surface area contributed by atoms with Crippen LogP contribution in [-0.2, 0) is 7.05 Å². The van der Waals surface area contributed by atoms with Crippen molar-refractivity contribution in [1.82, 2.24) is 4.98 Å². The van der Waals surface area contributed by atoms with Gasteiger partial charge in [0.1, 0.15) is 7.05 Å². The molecule has 3 aromatic rings. The van der Waals surface area contributed by atoms with Gasteiger partial charge in [-0.3, -0.25) is 4.98 Å². The molecule has 2 heterocycles. The Balaban J connectivity index is 2.13. The predicted molar refractivity (Wildman–Crippen MR) is 90.5 cm³/mol. The van der Waals surface area contributed by atoms with Gasteiger partial charge < -0.3 is 0 Å². The summed E-state index contributed by atoms with van der Waals surface area (Å²) in [6.07, 6.45) is 3.95. The van der Waals surface area contributed by atoms with Gasteiger partial charge in [0.05, 0.1) is 0 Å². The molecule has 110 valence electrons. The van der Waals surface area contributed by atoms with E-state index in [9.17, 15) is 0 Å². The van der Waals surface area contributed by atoms with Gasteiger partial charge in [0.15, 0.2) is 6.20 Å². The first-order valence-corrected chi connectivity index (χ1v) is 7.56. The van der Waals surface area contributed by atoms with Crippen LogP contribution in [0.5, 0.6) is 0 Å². The van der Waals surface area contributed by atoms with Crippen LogP contribution < -0.4 is 4.57 Å². The average molecular weight is 289 g/mol. The Morgan fingerprint density at radius 2 is 1.73 bits per heavy atom. The SMILES string of the molecule is Cc1cc(-c2cccc[n+]2C)ccc1-c1c(C)ccnc1C. The molecule has 2 aromatic heterocycles. The van der Waals surface area contributed by atoms with Crippen LogP contribution in [0.4, 0.5) is 0 Å². The summed E-state index contributed by atoms with van der Waals surface area (Å²) in [5, 5.41) is 0. The van der Waals surface area contributed by atoms with Gasteiger partial charge >= 0.3 is 0 Å². The highest BCUT2D eigenvalue weighted by Gasteiger charge is 2.13. The highest BCUT2D eigenvalue weighted by atomic mass is 14.9. The van der Waals surface area contributed by atoms with E-state index in [1.54, 1.807) is 0 Å². The fourth-order valence-electron chi connectivity index (χ4n) is 3.03. The molecule has 0 amide bonds. The second-order valence-corrected chi connectivity index (χ2v) is 5.81. The second-order valence-electron chi connectivity index (χ2n) is 5.81. The maximum Gasteiger partial charge on any atom is 0.212 e. The van der Waals surface area contributed by atoms with Gasteiger partial charge in [-0.2, -0.15) is 0 Å². The second kappa shape index (κ2) is 5.72. The zero-order chi connectivity index (χ0) is 15.7. The molecule has 0 radical (unpaired) electrons. The van der Waals surface area contributed by atoms with Crippen molar-refractivity contribution in [2.45, 2.75) is 20.8 Å². The first kappa shape index (κ1) is 14.5. The standard InChI is InChI=1S/C20H21N2/c1-14-10-11-21-16(3)20(14)18-9-8-17(13-15(18)2)19-7-5-6-12-22(19)4/h5-13H,1-4H3/q+1. The van der Waals surface area contributed by atoms with Crippen molar-refractivity contribution in [2.75, 3.05) is 0 Å². The van der Waals surface area contributed by atoms with Gasteiger partial charge in [-0.15, -0.1) is 0 Å². The van der Waals surface area contributed by atoms with Gasteiger partial charge in [-0.05, 0) is 61.7 Å². The van der Waals surface area contributed by atoms with Gasteiger partial charge in [-0.25, -0.2) is 4.57 Å². The molecular weight excluding hydrogens is 268 g/mol. The molecule has 2 heteroatoms. The molecule has 2 nitrogen and oxygen atoms in total. The molecule has 0 saturated heterocycles. The normalized spacial score (nSPS) is 10.7. The van der Waals surface area contributed by atoms with E-state index >= 15 is 0 Å². The Morgan fingerprint density at radius 1 is 0.909 bits per heavy atom. The average Bonchev–Trinajstić information content (AvgIpc) is 2.49. The Bertz CT molecular complexity index is 815. The summed E-state index contributed by atoms with van der Waals surface area (Å²) in [6.45, 7) is 6.40. The molecule has 0 spiro atoms. The molecular formula is C20H21N2+. The Hall–Kier alpha value is -2.48. The Kier molecular flexibility index (Phi) is 3.76. The van der Waals surface area contributed by atoms with Gasteiger partial charge in [-0.1, -0.05) is 6.07 Å². The van der Waals surface area contributed by atoms with Crippen LogP contribution in [0.3, 0.4) is 0 Å². The maximum atomic E-state index is 4.45. The molecule has 0 unspecified atom stereocenters. The first-order valence-electron chi connectivity index (χ1n) is 7.56. The third kappa shape index (κ3) is 2.52. The topological polar surface area (TPSA) is 16.8 Å². The van der Waals surface area contributed by atoms with Crippen LogP contribution in [0.15, 0.2) is 54.9 Å². The molecule has 0 N–H and O–H groups in total. The summed E-state index contributed by atoms with van der Waals surface area (Å²) >= 11 is 0. The van der Waals surface area contributed by atoms with Crippen molar-refractivity contribution in [3.63, 3.8) is 0 Å². The van der Waals surface area contributed by atoms with Crippen LogP contribution in [-0.4, -0.2) is 4.98 Å². The number of aromatic nitrogens is 2. The molecule has 0 aliphatic rings. The number of rotatable bonds is 2. The molecule has 0 aliphatic heterocycles. The van der Waals surface area contributed by atoms with Crippen molar-refractivity contribution < 1.29 is 4.57 Å². The number of pyridine rings is 2. The third-order valence-electron chi connectivity index (χ3n) is 4.20. The van der Waals surface area contributed by atoms with E-state index < -0.39 is 0 Å². The highest BCUT2D eigenvalue weighted by molar-refractivity contribution is 5.75. The smallest absolute Gasteiger partial charge is 0.212 e. The minimum Gasteiger partial charge on any atom is -0.261 e. The fraction of sp³-hybridized carbons (Fsp3) is 0.200. The first-order chi connectivity index (χ1) is 10.6. The number of benzene rings is 1. The predicted octanol–water partition coefficient (Wildman–Crippen LogP) is 4.17. The van der Waals surface area contributed by atoms with Crippen molar-refractivity contribution in [1.29, 1.82) is 0 Å². The summed E-state index contributed by atoms with van der Waals surface area (Å²) in [5.74, 6) is 0. The zero-order valence-electron chi connectivity index (χ0n) is 13.6. The van der Waals surface area contributed by atoms with Gasteiger partial charge in [0.25, 0.3) is 0 Å². The molecule has 0 atom stereocenters.